The van der Waals surface area contributed by atoms with Crippen molar-refractivity contribution in [1.82, 2.24) is 0 Å². The molecule has 0 radical (unpaired) electrons. The normalized spacial score (nSPS) is 10.8. The van der Waals surface area contributed by atoms with Crippen LogP contribution < -0.4 is 14.4 Å². The van der Waals surface area contributed by atoms with Crippen molar-refractivity contribution < 1.29 is 18.7 Å². The molecule has 0 aliphatic carbocycles. The molecule has 1 heterocycles. The number of hydrogen-bond acceptors (Lipinski definition) is 6. The van der Waals surface area contributed by atoms with Gasteiger partial charge >= 0.3 is 10.9 Å². The summed E-state index contributed by atoms with van der Waals surface area (Å²) < 4.78 is 16.6. The van der Waals surface area contributed by atoms with Crippen molar-refractivity contribution in [2.45, 2.75) is 0 Å². The first kappa shape index (κ1) is 18.3. The minimum absolute atomic E-state index is 0.308. The van der Waals surface area contributed by atoms with Crippen LogP contribution in [-0.2, 0) is 0 Å². The van der Waals surface area contributed by atoms with E-state index in [0.29, 0.717) is 37.9 Å². The molecule has 1 aromatic heterocycles. The first-order valence-electron chi connectivity index (χ1n) is 8.23. The van der Waals surface area contributed by atoms with Crippen LogP contribution in [0, 0.1) is 0 Å². The summed E-state index contributed by atoms with van der Waals surface area (Å²) in [6.07, 6.45) is 0. The van der Waals surface area contributed by atoms with Crippen molar-refractivity contribution in [2.75, 3.05) is 7.11 Å². The summed E-state index contributed by atoms with van der Waals surface area (Å²) in [5.74, 6) is 0.332. The lowest BCUT2D eigenvalue weighted by Gasteiger charge is -2.09. The topological polar surface area (TPSA) is 65.7 Å². The van der Waals surface area contributed by atoms with Crippen molar-refractivity contribution in [3.63, 3.8) is 0 Å². The zero-order chi connectivity index (χ0) is 19.7. The van der Waals surface area contributed by atoms with Gasteiger partial charge in [-0.25, -0.2) is 9.59 Å². The number of hydrogen-bond donors (Lipinski definition) is 0. The Kier molecular flexibility index (Phi) is 4.90. The highest BCUT2D eigenvalue weighted by molar-refractivity contribution is 7.16. The van der Waals surface area contributed by atoms with E-state index in [1.165, 1.54) is 7.11 Å². The predicted molar refractivity (Wildman–Crippen MR) is 109 cm³/mol. The molecule has 4 aromatic rings. The lowest BCUT2D eigenvalue weighted by molar-refractivity contribution is 0.0734. The summed E-state index contributed by atoms with van der Waals surface area (Å²) in [7, 11) is 1.53. The largest absolute Gasteiger partial charge is 0.497 e. The molecule has 0 aliphatic rings. The molecule has 0 atom stereocenters. The number of halogens is 1. The minimum atomic E-state index is -0.531. The number of fused-ring (bicyclic) bond motifs is 1. The van der Waals surface area contributed by atoms with E-state index in [9.17, 15) is 9.59 Å². The van der Waals surface area contributed by atoms with E-state index in [4.69, 9.17) is 25.5 Å². The highest BCUT2D eigenvalue weighted by atomic mass is 35.5. The smallest absolute Gasteiger partial charge is 0.396 e. The fraction of sp³-hybridized carbons (Fsp3) is 0.0476. The summed E-state index contributed by atoms with van der Waals surface area (Å²) in [6, 6.07) is 17.1. The van der Waals surface area contributed by atoms with Gasteiger partial charge in [-0.15, -0.1) is 0 Å². The van der Waals surface area contributed by atoms with Crippen LogP contribution in [0.25, 0.3) is 21.4 Å². The second kappa shape index (κ2) is 7.50. The molecule has 0 bridgehead atoms. The van der Waals surface area contributed by atoms with E-state index in [0.717, 1.165) is 16.9 Å². The Balaban J connectivity index is 1.76. The zero-order valence-electron chi connectivity index (χ0n) is 14.6. The van der Waals surface area contributed by atoms with Gasteiger partial charge in [0.1, 0.15) is 11.5 Å². The summed E-state index contributed by atoms with van der Waals surface area (Å²) in [4.78, 5) is 23.9. The molecule has 0 saturated carbocycles. The molecule has 5 nitrogen and oxygen atoms in total. The first-order chi connectivity index (χ1) is 13.5. The molecule has 0 amide bonds. The van der Waals surface area contributed by atoms with Crippen LogP contribution in [-0.4, -0.2) is 13.1 Å². The molecule has 0 fully saturated rings. The number of rotatable bonds is 4. The minimum Gasteiger partial charge on any atom is -0.497 e. The van der Waals surface area contributed by atoms with Crippen LogP contribution in [0.4, 0.5) is 0 Å². The molecule has 28 heavy (non-hydrogen) atoms. The lowest BCUT2D eigenvalue weighted by Crippen LogP contribution is -2.08. The van der Waals surface area contributed by atoms with Crippen LogP contribution in [0.1, 0.15) is 10.4 Å². The quantitative estimate of drug-likeness (QED) is 0.331. The highest BCUT2D eigenvalue weighted by Crippen LogP contribution is 2.35. The third kappa shape index (κ3) is 3.65. The van der Waals surface area contributed by atoms with Gasteiger partial charge in [0.2, 0.25) is 0 Å². The number of carbonyl (C=O) groups is 1. The molecule has 140 valence electrons. The average Bonchev–Trinajstić information content (AvgIpc) is 3.08. The number of carbonyl (C=O) groups excluding carboxylic acids is 1. The van der Waals surface area contributed by atoms with Gasteiger partial charge in [0.05, 0.1) is 17.4 Å². The number of esters is 1. The van der Waals surface area contributed by atoms with Crippen LogP contribution in [0.2, 0.25) is 5.02 Å². The van der Waals surface area contributed by atoms with Gasteiger partial charge < -0.3 is 13.9 Å². The second-order valence-corrected chi connectivity index (χ2v) is 7.29. The zero-order valence-corrected chi connectivity index (χ0v) is 16.2. The van der Waals surface area contributed by atoms with Crippen LogP contribution >= 0.6 is 22.9 Å². The molecule has 0 aliphatic heterocycles. The van der Waals surface area contributed by atoms with Gasteiger partial charge in [-0.1, -0.05) is 41.1 Å². The Morgan fingerprint density at radius 2 is 1.82 bits per heavy atom. The van der Waals surface area contributed by atoms with Crippen molar-refractivity contribution in [2.24, 2.45) is 0 Å². The monoisotopic (exact) mass is 412 g/mol. The molecule has 0 N–H and O–H groups in total. The predicted octanol–water partition coefficient (Wildman–Crippen LogP) is 5.40. The van der Waals surface area contributed by atoms with Crippen LogP contribution in [0.15, 0.2) is 69.9 Å². The van der Waals surface area contributed by atoms with Gasteiger partial charge in [0.25, 0.3) is 0 Å². The van der Waals surface area contributed by atoms with Gasteiger partial charge in [-0.3, -0.25) is 0 Å². The fourth-order valence-corrected chi connectivity index (χ4v) is 3.62. The molecule has 7 heteroatoms. The molecular formula is C21H13ClO5S. The maximum Gasteiger partial charge on any atom is 0.396 e. The second-order valence-electron chi connectivity index (χ2n) is 5.88. The standard InChI is InChI=1S/C21H13ClO5S/c1-25-15-4-2-3-13(9-15)20(23)26-16-10-17(12-5-7-14(22)8-6-12)19-18(11-16)28-21(24)27-19/h2-11H,1H3. The Labute approximate surface area is 168 Å². The van der Waals surface area contributed by atoms with Gasteiger partial charge in [0, 0.05) is 16.7 Å². The summed E-state index contributed by atoms with van der Waals surface area (Å²) >= 11 is 6.91. The van der Waals surface area contributed by atoms with Gasteiger partial charge in [-0.2, -0.15) is 0 Å². The van der Waals surface area contributed by atoms with Crippen molar-refractivity contribution in [3.05, 3.63) is 81.0 Å². The Morgan fingerprint density at radius 3 is 2.57 bits per heavy atom. The maximum absolute atomic E-state index is 12.5. The number of ether oxygens (including phenoxy) is 2. The van der Waals surface area contributed by atoms with Gasteiger partial charge in [0.15, 0.2) is 5.58 Å². The lowest BCUT2D eigenvalue weighted by atomic mass is 10.0. The number of methoxy groups -OCH3 is 1. The van der Waals surface area contributed by atoms with E-state index in [2.05, 4.69) is 0 Å². The molecule has 3 aromatic carbocycles. The van der Waals surface area contributed by atoms with Crippen molar-refractivity contribution in [3.8, 4) is 22.6 Å². The summed E-state index contributed by atoms with van der Waals surface area (Å²) in [5.41, 5.74) is 2.22. The Morgan fingerprint density at radius 1 is 1.04 bits per heavy atom. The number of benzene rings is 3. The van der Waals surface area contributed by atoms with Crippen molar-refractivity contribution >= 4 is 39.2 Å². The van der Waals surface area contributed by atoms with Gasteiger partial charge in [-0.05, 0) is 42.0 Å². The fourth-order valence-electron chi connectivity index (χ4n) is 2.77. The third-order valence-electron chi connectivity index (χ3n) is 4.08. The Hall–Kier alpha value is -3.09. The molecule has 0 saturated heterocycles. The average molecular weight is 413 g/mol. The van der Waals surface area contributed by atoms with E-state index in [-0.39, 0.29) is 0 Å². The van der Waals surface area contributed by atoms with E-state index in [1.807, 2.05) is 12.1 Å². The van der Waals surface area contributed by atoms with Crippen LogP contribution in [0.3, 0.4) is 0 Å². The molecule has 0 spiro atoms. The SMILES string of the molecule is COc1cccc(C(=O)Oc2cc(-c3ccc(Cl)cc3)c3oc(=O)sc3c2)c1. The Bertz CT molecular complexity index is 1220. The van der Waals surface area contributed by atoms with E-state index < -0.39 is 10.9 Å². The summed E-state index contributed by atoms with van der Waals surface area (Å²) in [6.45, 7) is 0. The van der Waals surface area contributed by atoms with E-state index >= 15 is 0 Å². The van der Waals surface area contributed by atoms with Crippen molar-refractivity contribution in [1.29, 1.82) is 0 Å². The molecule has 0 unspecified atom stereocenters. The van der Waals surface area contributed by atoms with Crippen LogP contribution in [0.5, 0.6) is 11.5 Å². The molecular weight excluding hydrogens is 400 g/mol. The third-order valence-corrected chi connectivity index (χ3v) is 5.10. The first-order valence-corrected chi connectivity index (χ1v) is 9.43. The maximum atomic E-state index is 12.5. The van der Waals surface area contributed by atoms with E-state index in [1.54, 1.807) is 48.5 Å². The molecule has 4 rings (SSSR count). The highest BCUT2D eigenvalue weighted by Gasteiger charge is 2.16. The summed E-state index contributed by atoms with van der Waals surface area (Å²) in [5, 5.41) is 0.590.